The first-order chi connectivity index (χ1) is 11.1. The number of benzene rings is 1. The summed E-state index contributed by atoms with van der Waals surface area (Å²) in [5, 5.41) is 11.6. The maximum Gasteiger partial charge on any atom is 0.417 e. The monoisotopic (exact) mass is 351 g/mol. The Bertz CT molecular complexity index is 587. The molecule has 24 heavy (non-hydrogen) atoms. The summed E-state index contributed by atoms with van der Waals surface area (Å²) in [6.07, 6.45) is -6.00. The number of alkyl halides is 3. The number of carbonyl (C=O) groups is 1. The summed E-state index contributed by atoms with van der Waals surface area (Å²) < 4.78 is 53.1. The molecule has 0 spiro atoms. The lowest BCUT2D eigenvalue weighted by Crippen LogP contribution is -2.46. The van der Waals surface area contributed by atoms with Crippen LogP contribution in [0, 0.1) is 0 Å². The maximum atomic E-state index is 12.6. The van der Waals surface area contributed by atoms with Gasteiger partial charge in [-0.05, 0) is 13.0 Å². The topological polar surface area (TPSA) is 77.0 Å². The second kappa shape index (κ2) is 7.61. The SMILES string of the molecule is COc1cc(OC)c(OC)cc1CNC(=O)C[C@](C)(O)C(F)(F)F. The lowest BCUT2D eigenvalue weighted by molar-refractivity contribution is -0.253. The number of hydrogen-bond donors (Lipinski definition) is 2. The van der Waals surface area contributed by atoms with Crippen molar-refractivity contribution < 1.29 is 37.3 Å². The van der Waals surface area contributed by atoms with Crippen molar-refractivity contribution in [3.63, 3.8) is 0 Å². The number of nitrogens with one attached hydrogen (secondary N) is 1. The van der Waals surface area contributed by atoms with Gasteiger partial charge in [-0.2, -0.15) is 13.2 Å². The van der Waals surface area contributed by atoms with Crippen molar-refractivity contribution >= 4 is 5.91 Å². The van der Waals surface area contributed by atoms with Gasteiger partial charge >= 0.3 is 6.18 Å². The molecule has 0 aliphatic rings. The molecular weight excluding hydrogens is 331 g/mol. The zero-order chi connectivity index (χ0) is 18.5. The van der Waals surface area contributed by atoms with Gasteiger partial charge in [0.05, 0.1) is 27.8 Å². The molecule has 136 valence electrons. The summed E-state index contributed by atoms with van der Waals surface area (Å²) in [7, 11) is 4.27. The number of halogens is 3. The van der Waals surface area contributed by atoms with Gasteiger partial charge in [-0.1, -0.05) is 0 Å². The molecule has 1 aromatic carbocycles. The molecule has 0 saturated carbocycles. The molecule has 6 nitrogen and oxygen atoms in total. The fraction of sp³-hybridized carbons (Fsp3) is 0.533. The Morgan fingerprint density at radius 1 is 1.08 bits per heavy atom. The van der Waals surface area contributed by atoms with Crippen molar-refractivity contribution in [1.82, 2.24) is 5.32 Å². The van der Waals surface area contributed by atoms with E-state index in [1.807, 2.05) is 0 Å². The molecular formula is C15H20F3NO5. The Morgan fingerprint density at radius 2 is 1.58 bits per heavy atom. The van der Waals surface area contributed by atoms with Gasteiger partial charge in [0.15, 0.2) is 17.1 Å². The van der Waals surface area contributed by atoms with E-state index in [4.69, 9.17) is 14.2 Å². The molecule has 0 aromatic heterocycles. The third-order valence-corrected chi connectivity index (χ3v) is 3.38. The average molecular weight is 351 g/mol. The van der Waals surface area contributed by atoms with Crippen LogP contribution in [0.4, 0.5) is 13.2 Å². The Hall–Kier alpha value is -2.16. The summed E-state index contributed by atoms with van der Waals surface area (Å²) in [6, 6.07) is 3.08. The van der Waals surface area contributed by atoms with E-state index in [-0.39, 0.29) is 6.54 Å². The van der Waals surface area contributed by atoms with Crippen LogP contribution in [0.3, 0.4) is 0 Å². The molecule has 0 heterocycles. The third kappa shape index (κ3) is 4.67. The molecule has 2 N–H and O–H groups in total. The first-order valence-electron chi connectivity index (χ1n) is 6.90. The van der Waals surface area contributed by atoms with Crippen LogP contribution >= 0.6 is 0 Å². The van der Waals surface area contributed by atoms with Crippen LogP contribution < -0.4 is 19.5 Å². The van der Waals surface area contributed by atoms with Crippen LogP contribution in [0.15, 0.2) is 12.1 Å². The highest BCUT2D eigenvalue weighted by Crippen LogP contribution is 2.35. The van der Waals surface area contributed by atoms with Gasteiger partial charge in [0.25, 0.3) is 0 Å². The molecule has 1 rings (SSSR count). The van der Waals surface area contributed by atoms with E-state index in [9.17, 15) is 23.1 Å². The highest BCUT2D eigenvalue weighted by Gasteiger charge is 2.50. The number of rotatable bonds is 7. The van der Waals surface area contributed by atoms with Crippen LogP contribution in [0.2, 0.25) is 0 Å². The lowest BCUT2D eigenvalue weighted by Gasteiger charge is -2.25. The van der Waals surface area contributed by atoms with Crippen molar-refractivity contribution in [3.05, 3.63) is 17.7 Å². The smallest absolute Gasteiger partial charge is 0.417 e. The van der Waals surface area contributed by atoms with Crippen molar-refractivity contribution in [3.8, 4) is 17.2 Å². The fourth-order valence-corrected chi connectivity index (χ4v) is 1.90. The number of amides is 1. The Morgan fingerprint density at radius 3 is 2.04 bits per heavy atom. The fourth-order valence-electron chi connectivity index (χ4n) is 1.90. The van der Waals surface area contributed by atoms with Crippen LogP contribution in [0.5, 0.6) is 17.2 Å². The molecule has 0 radical (unpaired) electrons. The average Bonchev–Trinajstić information content (AvgIpc) is 2.50. The van der Waals surface area contributed by atoms with Gasteiger partial charge < -0.3 is 24.6 Å². The lowest BCUT2D eigenvalue weighted by atomic mass is 10.0. The second-order valence-corrected chi connectivity index (χ2v) is 5.24. The van der Waals surface area contributed by atoms with Crippen LogP contribution in [-0.4, -0.2) is 44.1 Å². The molecule has 0 unspecified atom stereocenters. The Labute approximate surface area is 137 Å². The van der Waals surface area contributed by atoms with Gasteiger partial charge in [-0.25, -0.2) is 0 Å². The standard InChI is InChI=1S/C15H20F3NO5/c1-14(21,15(16,17)18)7-13(20)19-8-9-5-11(23-3)12(24-4)6-10(9)22-2/h5-6,21H,7-8H2,1-4H3,(H,19,20)/t14-/m0/s1. The zero-order valence-corrected chi connectivity index (χ0v) is 13.8. The summed E-state index contributed by atoms with van der Waals surface area (Å²) in [5.74, 6) is 0.207. The van der Waals surface area contributed by atoms with Gasteiger partial charge in [-0.15, -0.1) is 0 Å². The Balaban J connectivity index is 2.85. The highest BCUT2D eigenvalue weighted by atomic mass is 19.4. The molecule has 0 bridgehead atoms. The predicted molar refractivity (Wildman–Crippen MR) is 79.2 cm³/mol. The molecule has 1 atom stereocenters. The molecule has 1 aromatic rings. The number of carbonyl (C=O) groups excluding carboxylic acids is 1. The quantitative estimate of drug-likeness (QED) is 0.786. The molecule has 0 aliphatic carbocycles. The minimum atomic E-state index is -4.90. The predicted octanol–water partition coefficient (Wildman–Crippen LogP) is 2.03. The number of ether oxygens (including phenoxy) is 3. The van der Waals surface area contributed by atoms with E-state index in [1.54, 1.807) is 6.07 Å². The first-order valence-corrected chi connectivity index (χ1v) is 6.90. The highest BCUT2D eigenvalue weighted by molar-refractivity contribution is 5.77. The summed E-state index contributed by atoms with van der Waals surface area (Å²) in [5.41, 5.74) is -2.62. The van der Waals surface area contributed by atoms with Gasteiger partial charge in [0.2, 0.25) is 5.91 Å². The van der Waals surface area contributed by atoms with Crippen LogP contribution in [-0.2, 0) is 11.3 Å². The van der Waals surface area contributed by atoms with Crippen LogP contribution in [0.1, 0.15) is 18.9 Å². The summed E-state index contributed by atoms with van der Waals surface area (Å²) in [6.45, 7) is 0.444. The number of aliphatic hydroxyl groups is 1. The van der Waals surface area contributed by atoms with Crippen molar-refractivity contribution in [1.29, 1.82) is 0 Å². The molecule has 0 aliphatic heterocycles. The van der Waals surface area contributed by atoms with E-state index < -0.39 is 24.1 Å². The van der Waals surface area contributed by atoms with Gasteiger partial charge in [-0.3, -0.25) is 4.79 Å². The molecule has 1 amide bonds. The Kier molecular flexibility index (Phi) is 6.30. The van der Waals surface area contributed by atoms with Crippen molar-refractivity contribution in [2.45, 2.75) is 31.7 Å². The van der Waals surface area contributed by atoms with E-state index >= 15 is 0 Å². The van der Waals surface area contributed by atoms with E-state index in [0.29, 0.717) is 29.7 Å². The van der Waals surface area contributed by atoms with Crippen LogP contribution in [0.25, 0.3) is 0 Å². The zero-order valence-electron chi connectivity index (χ0n) is 13.8. The first kappa shape index (κ1) is 19.9. The minimum absolute atomic E-state index is 0.101. The third-order valence-electron chi connectivity index (χ3n) is 3.38. The van der Waals surface area contributed by atoms with Crippen molar-refractivity contribution in [2.75, 3.05) is 21.3 Å². The van der Waals surface area contributed by atoms with E-state index in [1.165, 1.54) is 27.4 Å². The van der Waals surface area contributed by atoms with E-state index in [0.717, 1.165) is 0 Å². The summed E-state index contributed by atoms with van der Waals surface area (Å²) >= 11 is 0. The number of hydrogen-bond acceptors (Lipinski definition) is 5. The normalized spacial score (nSPS) is 13.8. The van der Waals surface area contributed by atoms with Crippen molar-refractivity contribution in [2.24, 2.45) is 0 Å². The molecule has 0 fully saturated rings. The summed E-state index contributed by atoms with van der Waals surface area (Å²) in [4.78, 5) is 11.7. The molecule has 9 heteroatoms. The molecule has 0 saturated heterocycles. The van der Waals surface area contributed by atoms with Gasteiger partial charge in [0, 0.05) is 18.2 Å². The number of methoxy groups -OCH3 is 3. The largest absolute Gasteiger partial charge is 0.496 e. The van der Waals surface area contributed by atoms with Gasteiger partial charge in [0.1, 0.15) is 5.75 Å². The second-order valence-electron chi connectivity index (χ2n) is 5.24. The minimum Gasteiger partial charge on any atom is -0.496 e. The maximum absolute atomic E-state index is 12.6. The van der Waals surface area contributed by atoms with E-state index in [2.05, 4.69) is 5.32 Å².